The number of hydrogen-bond donors (Lipinski definition) is 1. The lowest BCUT2D eigenvalue weighted by molar-refractivity contribution is 0.0466. The van der Waals surface area contributed by atoms with Crippen LogP contribution in [0.2, 0.25) is 0 Å². The summed E-state index contributed by atoms with van der Waals surface area (Å²) in [7, 11) is 2.14. The van der Waals surface area contributed by atoms with Gasteiger partial charge in [-0.05, 0) is 13.1 Å². The van der Waals surface area contributed by atoms with Gasteiger partial charge < -0.3 is 15.4 Å². The van der Waals surface area contributed by atoms with E-state index in [1.165, 1.54) is 0 Å². The first-order valence-electron chi connectivity index (χ1n) is 5.91. The summed E-state index contributed by atoms with van der Waals surface area (Å²) in [5, 5.41) is 0. The van der Waals surface area contributed by atoms with E-state index in [-0.39, 0.29) is 11.6 Å². The number of para-hydroxylation sites is 1. The number of likely N-dealkylation sites (tertiary alicyclic amines) is 1. The predicted molar refractivity (Wildman–Crippen MR) is 63.5 cm³/mol. The Labute approximate surface area is 96.2 Å². The SMILES string of the molecule is CN1CCC2(C[C@@H](N)c3ccccc3O2)C1. The van der Waals surface area contributed by atoms with Gasteiger partial charge in [-0.1, -0.05) is 18.2 Å². The molecule has 1 aromatic carbocycles. The van der Waals surface area contributed by atoms with Gasteiger partial charge in [0.25, 0.3) is 0 Å². The molecule has 1 fully saturated rings. The van der Waals surface area contributed by atoms with Crippen LogP contribution < -0.4 is 10.5 Å². The molecule has 1 spiro atoms. The molecule has 0 bridgehead atoms. The Morgan fingerprint density at radius 3 is 3.00 bits per heavy atom. The number of nitrogens with zero attached hydrogens (tertiary/aromatic N) is 1. The second-order valence-corrected chi connectivity index (χ2v) is 5.12. The molecular weight excluding hydrogens is 200 g/mol. The fourth-order valence-corrected chi connectivity index (χ4v) is 2.96. The van der Waals surface area contributed by atoms with Crippen molar-refractivity contribution in [2.45, 2.75) is 24.5 Å². The zero-order chi connectivity index (χ0) is 11.2. The molecule has 2 aliphatic heterocycles. The molecule has 1 saturated heterocycles. The quantitative estimate of drug-likeness (QED) is 0.718. The number of benzene rings is 1. The maximum absolute atomic E-state index is 6.25. The van der Waals surface area contributed by atoms with Crippen LogP contribution in [0.1, 0.15) is 24.4 Å². The normalized spacial score (nSPS) is 33.8. The molecule has 0 amide bonds. The summed E-state index contributed by atoms with van der Waals surface area (Å²) >= 11 is 0. The maximum atomic E-state index is 6.25. The molecule has 3 nitrogen and oxygen atoms in total. The largest absolute Gasteiger partial charge is 0.485 e. The summed E-state index contributed by atoms with van der Waals surface area (Å²) in [6.45, 7) is 2.10. The van der Waals surface area contributed by atoms with Gasteiger partial charge in [0.05, 0.1) is 0 Å². The average Bonchev–Trinajstić information content (AvgIpc) is 2.59. The maximum Gasteiger partial charge on any atom is 0.125 e. The highest BCUT2D eigenvalue weighted by Crippen LogP contribution is 2.42. The molecule has 0 saturated carbocycles. The van der Waals surface area contributed by atoms with E-state index in [0.717, 1.165) is 37.2 Å². The average molecular weight is 218 g/mol. The molecule has 2 atom stereocenters. The van der Waals surface area contributed by atoms with Crippen molar-refractivity contribution in [2.24, 2.45) is 5.73 Å². The minimum atomic E-state index is -0.0392. The monoisotopic (exact) mass is 218 g/mol. The molecule has 0 radical (unpaired) electrons. The zero-order valence-electron chi connectivity index (χ0n) is 9.65. The highest BCUT2D eigenvalue weighted by atomic mass is 16.5. The summed E-state index contributed by atoms with van der Waals surface area (Å²) in [5.74, 6) is 0.983. The fraction of sp³-hybridized carbons (Fsp3) is 0.538. The summed E-state index contributed by atoms with van der Waals surface area (Å²) in [4.78, 5) is 2.32. The van der Waals surface area contributed by atoms with E-state index in [4.69, 9.17) is 10.5 Å². The fourth-order valence-electron chi connectivity index (χ4n) is 2.96. The van der Waals surface area contributed by atoms with Gasteiger partial charge in [0.2, 0.25) is 0 Å². The van der Waals surface area contributed by atoms with Crippen molar-refractivity contribution in [3.63, 3.8) is 0 Å². The van der Waals surface area contributed by atoms with Crippen LogP contribution in [0.15, 0.2) is 24.3 Å². The molecule has 3 heteroatoms. The van der Waals surface area contributed by atoms with Gasteiger partial charge in [-0.3, -0.25) is 0 Å². The van der Waals surface area contributed by atoms with E-state index < -0.39 is 0 Å². The highest BCUT2D eigenvalue weighted by Gasteiger charge is 2.43. The van der Waals surface area contributed by atoms with Crippen molar-refractivity contribution >= 4 is 0 Å². The number of ether oxygens (including phenoxy) is 1. The van der Waals surface area contributed by atoms with E-state index in [1.54, 1.807) is 0 Å². The molecule has 3 rings (SSSR count). The Bertz CT molecular complexity index is 407. The Hall–Kier alpha value is -1.06. The van der Waals surface area contributed by atoms with Crippen LogP contribution in [0.5, 0.6) is 5.75 Å². The van der Waals surface area contributed by atoms with E-state index in [0.29, 0.717) is 0 Å². The summed E-state index contributed by atoms with van der Waals surface area (Å²) in [6.07, 6.45) is 2.03. The van der Waals surface area contributed by atoms with E-state index in [2.05, 4.69) is 18.0 Å². The third-order valence-corrected chi connectivity index (χ3v) is 3.74. The summed E-state index contributed by atoms with van der Waals surface area (Å²) in [6, 6.07) is 8.28. The van der Waals surface area contributed by atoms with Crippen LogP contribution in [-0.4, -0.2) is 30.6 Å². The Balaban J connectivity index is 1.95. The lowest BCUT2D eigenvalue weighted by atomic mass is 9.87. The number of fused-ring (bicyclic) bond motifs is 1. The smallest absolute Gasteiger partial charge is 0.125 e. The van der Waals surface area contributed by atoms with Crippen molar-refractivity contribution < 1.29 is 4.74 Å². The van der Waals surface area contributed by atoms with Crippen molar-refractivity contribution in [2.75, 3.05) is 20.1 Å². The third-order valence-electron chi connectivity index (χ3n) is 3.74. The third kappa shape index (κ3) is 1.51. The first-order chi connectivity index (χ1) is 7.69. The predicted octanol–water partition coefficient (Wildman–Crippen LogP) is 1.54. The van der Waals surface area contributed by atoms with Gasteiger partial charge in [-0.2, -0.15) is 0 Å². The molecule has 0 aromatic heterocycles. The van der Waals surface area contributed by atoms with Gasteiger partial charge in [0.15, 0.2) is 0 Å². The molecule has 1 unspecified atom stereocenters. The minimum Gasteiger partial charge on any atom is -0.485 e. The van der Waals surface area contributed by atoms with Gasteiger partial charge >= 0.3 is 0 Å². The Kier molecular flexibility index (Phi) is 2.19. The molecule has 2 N–H and O–H groups in total. The number of likely N-dealkylation sites (N-methyl/N-ethyl adjacent to an activating group) is 1. The van der Waals surface area contributed by atoms with Crippen LogP contribution in [0, 0.1) is 0 Å². The van der Waals surface area contributed by atoms with Gasteiger partial charge in [-0.25, -0.2) is 0 Å². The lowest BCUT2D eigenvalue weighted by Crippen LogP contribution is -2.44. The van der Waals surface area contributed by atoms with E-state index >= 15 is 0 Å². The zero-order valence-corrected chi connectivity index (χ0v) is 9.65. The number of rotatable bonds is 0. The van der Waals surface area contributed by atoms with Gasteiger partial charge in [-0.15, -0.1) is 0 Å². The van der Waals surface area contributed by atoms with Gasteiger partial charge in [0.1, 0.15) is 11.4 Å². The van der Waals surface area contributed by atoms with Crippen LogP contribution in [0.25, 0.3) is 0 Å². The van der Waals surface area contributed by atoms with Crippen molar-refractivity contribution in [3.8, 4) is 5.75 Å². The summed E-state index contributed by atoms with van der Waals surface area (Å²) < 4.78 is 6.20. The first kappa shape index (κ1) is 10.1. The second-order valence-electron chi connectivity index (χ2n) is 5.12. The van der Waals surface area contributed by atoms with E-state index in [9.17, 15) is 0 Å². The number of nitrogens with two attached hydrogens (primary N) is 1. The van der Waals surface area contributed by atoms with Crippen LogP contribution in [-0.2, 0) is 0 Å². The highest BCUT2D eigenvalue weighted by molar-refractivity contribution is 5.39. The van der Waals surface area contributed by atoms with E-state index in [1.807, 2.05) is 18.2 Å². The minimum absolute atomic E-state index is 0.0392. The summed E-state index contributed by atoms with van der Waals surface area (Å²) in [5.41, 5.74) is 7.36. The van der Waals surface area contributed by atoms with Crippen molar-refractivity contribution in [1.29, 1.82) is 0 Å². The molecule has 0 aliphatic carbocycles. The van der Waals surface area contributed by atoms with Crippen molar-refractivity contribution in [3.05, 3.63) is 29.8 Å². The van der Waals surface area contributed by atoms with Crippen LogP contribution in [0.4, 0.5) is 0 Å². The lowest BCUT2D eigenvalue weighted by Gasteiger charge is -2.38. The Morgan fingerprint density at radius 2 is 2.25 bits per heavy atom. The van der Waals surface area contributed by atoms with Crippen molar-refractivity contribution in [1.82, 2.24) is 4.90 Å². The van der Waals surface area contributed by atoms with Gasteiger partial charge in [0, 0.05) is 37.5 Å². The topological polar surface area (TPSA) is 38.5 Å². The second kappa shape index (κ2) is 3.47. The molecule has 2 heterocycles. The standard InChI is InChI=1S/C13H18N2O/c1-15-7-6-13(9-15)8-11(14)10-4-2-3-5-12(10)16-13/h2-5,11H,6-9,14H2,1H3/t11-,13?/m1/s1. The molecule has 1 aromatic rings. The Morgan fingerprint density at radius 1 is 1.44 bits per heavy atom. The number of hydrogen-bond acceptors (Lipinski definition) is 3. The molecule has 2 aliphatic rings. The molecular formula is C13H18N2O. The van der Waals surface area contributed by atoms with Crippen LogP contribution in [0.3, 0.4) is 0 Å². The molecule has 16 heavy (non-hydrogen) atoms. The molecule has 86 valence electrons. The first-order valence-corrected chi connectivity index (χ1v) is 5.91. The van der Waals surface area contributed by atoms with Crippen LogP contribution >= 0.6 is 0 Å².